The summed E-state index contributed by atoms with van der Waals surface area (Å²) in [5, 5.41) is 8.63. The zero-order valence-electron chi connectivity index (χ0n) is 7.30. The SMILES string of the molecule is C[C](C)CN1CCC(C#N)C1. The van der Waals surface area contributed by atoms with Gasteiger partial charge in [-0.1, -0.05) is 13.8 Å². The lowest BCUT2D eigenvalue weighted by Gasteiger charge is -2.16. The summed E-state index contributed by atoms with van der Waals surface area (Å²) in [6, 6.07) is 2.32. The Morgan fingerprint density at radius 1 is 1.64 bits per heavy atom. The van der Waals surface area contributed by atoms with Gasteiger partial charge in [-0.25, -0.2) is 0 Å². The van der Waals surface area contributed by atoms with Gasteiger partial charge in [-0.3, -0.25) is 0 Å². The van der Waals surface area contributed by atoms with Crippen LogP contribution < -0.4 is 0 Å². The minimum atomic E-state index is 0.286. The van der Waals surface area contributed by atoms with Gasteiger partial charge in [-0.05, 0) is 18.9 Å². The molecule has 0 spiro atoms. The minimum absolute atomic E-state index is 0.286. The molecule has 0 saturated carbocycles. The van der Waals surface area contributed by atoms with Crippen molar-refractivity contribution in [3.05, 3.63) is 5.92 Å². The van der Waals surface area contributed by atoms with Crippen molar-refractivity contribution >= 4 is 0 Å². The predicted octanol–water partition coefficient (Wildman–Crippen LogP) is 1.45. The summed E-state index contributed by atoms with van der Waals surface area (Å²) >= 11 is 0. The van der Waals surface area contributed by atoms with Gasteiger partial charge in [0.1, 0.15) is 0 Å². The minimum Gasteiger partial charge on any atom is -0.301 e. The molecule has 1 aliphatic heterocycles. The number of likely N-dealkylation sites (tertiary alicyclic amines) is 1. The van der Waals surface area contributed by atoms with Crippen LogP contribution in [0.2, 0.25) is 0 Å². The number of nitriles is 1. The van der Waals surface area contributed by atoms with E-state index in [0.717, 1.165) is 26.1 Å². The first kappa shape index (κ1) is 8.55. The Morgan fingerprint density at radius 3 is 2.82 bits per heavy atom. The third kappa shape index (κ3) is 2.51. The van der Waals surface area contributed by atoms with Crippen LogP contribution in [0.1, 0.15) is 20.3 Å². The number of hydrogen-bond donors (Lipinski definition) is 0. The normalized spacial score (nSPS) is 25.8. The van der Waals surface area contributed by atoms with Crippen LogP contribution in [0.25, 0.3) is 0 Å². The van der Waals surface area contributed by atoms with Crippen LogP contribution in [0.15, 0.2) is 0 Å². The molecule has 0 amide bonds. The highest BCUT2D eigenvalue weighted by Crippen LogP contribution is 2.16. The van der Waals surface area contributed by atoms with Crippen LogP contribution >= 0.6 is 0 Å². The first-order chi connectivity index (χ1) is 5.22. The second kappa shape index (κ2) is 3.73. The highest BCUT2D eigenvalue weighted by Gasteiger charge is 2.21. The first-order valence-corrected chi connectivity index (χ1v) is 4.13. The summed E-state index contributed by atoms with van der Waals surface area (Å²) in [6.45, 7) is 7.42. The average Bonchev–Trinajstić information content (AvgIpc) is 2.34. The van der Waals surface area contributed by atoms with E-state index in [1.165, 1.54) is 5.92 Å². The molecule has 11 heavy (non-hydrogen) atoms. The van der Waals surface area contributed by atoms with Gasteiger partial charge in [-0.15, -0.1) is 0 Å². The summed E-state index contributed by atoms with van der Waals surface area (Å²) in [4.78, 5) is 2.35. The van der Waals surface area contributed by atoms with E-state index in [9.17, 15) is 0 Å². The molecule has 0 aromatic carbocycles. The fourth-order valence-electron chi connectivity index (χ4n) is 1.53. The summed E-state index contributed by atoms with van der Waals surface area (Å²) in [5.41, 5.74) is 0. The first-order valence-electron chi connectivity index (χ1n) is 4.13. The summed E-state index contributed by atoms with van der Waals surface area (Å²) in [7, 11) is 0. The Morgan fingerprint density at radius 2 is 2.36 bits per heavy atom. The van der Waals surface area contributed by atoms with Crippen molar-refractivity contribution in [1.29, 1.82) is 5.26 Å². The van der Waals surface area contributed by atoms with Crippen LogP contribution in [0.4, 0.5) is 0 Å². The molecule has 61 valence electrons. The second-order valence-electron chi connectivity index (χ2n) is 3.56. The van der Waals surface area contributed by atoms with Crippen LogP contribution in [-0.2, 0) is 0 Å². The summed E-state index contributed by atoms with van der Waals surface area (Å²) < 4.78 is 0. The zero-order valence-corrected chi connectivity index (χ0v) is 7.30. The lowest BCUT2D eigenvalue weighted by molar-refractivity contribution is 0.345. The fraction of sp³-hybridized carbons (Fsp3) is 0.778. The van der Waals surface area contributed by atoms with Crippen LogP contribution in [0, 0.1) is 23.2 Å². The van der Waals surface area contributed by atoms with E-state index in [2.05, 4.69) is 24.8 Å². The van der Waals surface area contributed by atoms with Gasteiger partial charge in [0.15, 0.2) is 0 Å². The quantitative estimate of drug-likeness (QED) is 0.597. The summed E-state index contributed by atoms with van der Waals surface area (Å²) in [6.07, 6.45) is 1.06. The summed E-state index contributed by atoms with van der Waals surface area (Å²) in [5.74, 6) is 1.72. The van der Waals surface area contributed by atoms with Gasteiger partial charge in [0.05, 0.1) is 12.0 Å². The number of nitrogens with zero attached hydrogens (tertiary/aromatic N) is 2. The van der Waals surface area contributed by atoms with Crippen molar-refractivity contribution in [1.82, 2.24) is 4.90 Å². The van der Waals surface area contributed by atoms with Gasteiger partial charge >= 0.3 is 0 Å². The Bertz CT molecular complexity index is 157. The molecule has 1 atom stereocenters. The average molecular weight is 151 g/mol. The second-order valence-corrected chi connectivity index (χ2v) is 3.56. The largest absolute Gasteiger partial charge is 0.301 e. The maximum atomic E-state index is 8.63. The molecule has 1 rings (SSSR count). The fourth-order valence-corrected chi connectivity index (χ4v) is 1.53. The third-order valence-corrected chi connectivity index (χ3v) is 1.99. The lowest BCUT2D eigenvalue weighted by Crippen LogP contribution is -2.24. The van der Waals surface area contributed by atoms with E-state index in [1.54, 1.807) is 0 Å². The molecule has 0 aromatic heterocycles. The molecule has 1 unspecified atom stereocenters. The number of rotatable bonds is 2. The van der Waals surface area contributed by atoms with E-state index < -0.39 is 0 Å². The molecular formula is C9H15N2. The topological polar surface area (TPSA) is 27.0 Å². The Kier molecular flexibility index (Phi) is 2.90. The van der Waals surface area contributed by atoms with Crippen molar-refractivity contribution < 1.29 is 0 Å². The molecule has 2 heteroatoms. The van der Waals surface area contributed by atoms with Crippen molar-refractivity contribution in [2.24, 2.45) is 5.92 Å². The maximum absolute atomic E-state index is 8.63. The molecule has 2 nitrogen and oxygen atoms in total. The van der Waals surface area contributed by atoms with Gasteiger partial charge in [0.25, 0.3) is 0 Å². The highest BCUT2D eigenvalue weighted by atomic mass is 15.1. The van der Waals surface area contributed by atoms with Gasteiger partial charge in [0, 0.05) is 13.1 Å². The van der Waals surface area contributed by atoms with Gasteiger partial charge in [0.2, 0.25) is 0 Å². The van der Waals surface area contributed by atoms with Crippen LogP contribution in [0.3, 0.4) is 0 Å². The van der Waals surface area contributed by atoms with E-state index in [0.29, 0.717) is 0 Å². The molecule has 1 radical (unpaired) electrons. The van der Waals surface area contributed by atoms with Crippen molar-refractivity contribution in [2.45, 2.75) is 20.3 Å². The zero-order chi connectivity index (χ0) is 8.27. The molecule has 1 fully saturated rings. The lowest BCUT2D eigenvalue weighted by atomic mass is 10.1. The molecule has 0 bridgehead atoms. The number of hydrogen-bond acceptors (Lipinski definition) is 2. The molecule has 0 N–H and O–H groups in total. The molecule has 0 aliphatic carbocycles. The molecule has 1 aliphatic rings. The predicted molar refractivity (Wildman–Crippen MR) is 44.8 cm³/mol. The molecular weight excluding hydrogens is 136 g/mol. The molecule has 1 saturated heterocycles. The third-order valence-electron chi connectivity index (χ3n) is 1.99. The molecule has 1 heterocycles. The van der Waals surface area contributed by atoms with Crippen molar-refractivity contribution in [2.75, 3.05) is 19.6 Å². The standard InChI is InChI=1S/C9H15N2/c1-8(2)6-11-4-3-9(5-10)7-11/h9H,3-4,6-7H2,1-2H3. The van der Waals surface area contributed by atoms with Crippen LogP contribution in [-0.4, -0.2) is 24.5 Å². The highest BCUT2D eigenvalue weighted by molar-refractivity contribution is 4.93. The monoisotopic (exact) mass is 151 g/mol. The van der Waals surface area contributed by atoms with Gasteiger partial charge in [-0.2, -0.15) is 5.26 Å². The molecule has 0 aromatic rings. The van der Waals surface area contributed by atoms with Crippen LogP contribution in [0.5, 0.6) is 0 Å². The Labute approximate surface area is 68.8 Å². The van der Waals surface area contributed by atoms with Crippen molar-refractivity contribution in [3.8, 4) is 6.07 Å². The van der Waals surface area contributed by atoms with E-state index >= 15 is 0 Å². The maximum Gasteiger partial charge on any atom is 0.0669 e. The van der Waals surface area contributed by atoms with Gasteiger partial charge < -0.3 is 4.90 Å². The van der Waals surface area contributed by atoms with E-state index in [1.807, 2.05) is 0 Å². The van der Waals surface area contributed by atoms with Crippen molar-refractivity contribution in [3.63, 3.8) is 0 Å². The smallest absolute Gasteiger partial charge is 0.0669 e. The van der Waals surface area contributed by atoms with E-state index in [-0.39, 0.29) is 5.92 Å². The Hall–Kier alpha value is -0.550. The van der Waals surface area contributed by atoms with E-state index in [4.69, 9.17) is 5.26 Å². The Balaban J connectivity index is 2.26.